The second kappa shape index (κ2) is 7.49. The van der Waals surface area contributed by atoms with E-state index in [-0.39, 0.29) is 6.04 Å². The lowest BCUT2D eigenvalue weighted by Crippen LogP contribution is -2.26. The zero-order valence-corrected chi connectivity index (χ0v) is 12.8. The van der Waals surface area contributed by atoms with E-state index >= 15 is 0 Å². The molecule has 1 fully saturated rings. The molecule has 1 aromatic carbocycles. The maximum atomic E-state index is 6.32. The number of ether oxygens (including phenoxy) is 1. The molecule has 1 aromatic rings. The molecule has 1 N–H and O–H groups in total. The molecule has 2 unspecified atom stereocenters. The molecular formula is C15H21Cl2NO. The van der Waals surface area contributed by atoms with Crippen LogP contribution in [0.3, 0.4) is 0 Å². The molecule has 19 heavy (non-hydrogen) atoms. The van der Waals surface area contributed by atoms with Crippen molar-refractivity contribution in [2.75, 3.05) is 13.2 Å². The van der Waals surface area contributed by atoms with Gasteiger partial charge in [-0.3, -0.25) is 0 Å². The van der Waals surface area contributed by atoms with Crippen molar-refractivity contribution in [3.05, 3.63) is 33.8 Å². The Balaban J connectivity index is 2.10. The third-order valence-electron chi connectivity index (χ3n) is 3.50. The van der Waals surface area contributed by atoms with Gasteiger partial charge in [-0.2, -0.15) is 0 Å². The number of nitrogens with one attached hydrogen (secondary N) is 1. The number of hydrogen-bond acceptors (Lipinski definition) is 2. The zero-order valence-electron chi connectivity index (χ0n) is 11.3. The SMILES string of the molecule is CCCNC(CC1CCCO1)c1ccc(Cl)cc1Cl. The van der Waals surface area contributed by atoms with E-state index in [4.69, 9.17) is 27.9 Å². The fourth-order valence-corrected chi connectivity index (χ4v) is 3.06. The molecule has 1 aliphatic heterocycles. The largest absolute Gasteiger partial charge is 0.378 e. The second-order valence-corrected chi connectivity index (χ2v) is 5.89. The van der Waals surface area contributed by atoms with Gasteiger partial charge in [0.2, 0.25) is 0 Å². The highest BCUT2D eigenvalue weighted by atomic mass is 35.5. The minimum Gasteiger partial charge on any atom is -0.378 e. The molecule has 0 spiro atoms. The third kappa shape index (κ3) is 4.35. The standard InChI is InChI=1S/C15H21Cl2NO/c1-2-7-18-15(10-12-4-3-8-19-12)13-6-5-11(16)9-14(13)17/h5-6,9,12,15,18H,2-4,7-8,10H2,1H3. The molecule has 0 aromatic heterocycles. The van der Waals surface area contributed by atoms with E-state index < -0.39 is 0 Å². The van der Waals surface area contributed by atoms with Crippen LogP contribution in [0.4, 0.5) is 0 Å². The highest BCUT2D eigenvalue weighted by Crippen LogP contribution is 2.31. The fraction of sp³-hybridized carbons (Fsp3) is 0.600. The predicted molar refractivity (Wildman–Crippen MR) is 81.1 cm³/mol. The Morgan fingerprint density at radius 3 is 2.89 bits per heavy atom. The van der Waals surface area contributed by atoms with Gasteiger partial charge < -0.3 is 10.1 Å². The van der Waals surface area contributed by atoms with E-state index in [1.807, 2.05) is 18.2 Å². The molecule has 0 saturated carbocycles. The summed E-state index contributed by atoms with van der Waals surface area (Å²) in [5.74, 6) is 0. The Labute approximate surface area is 125 Å². The van der Waals surface area contributed by atoms with E-state index in [2.05, 4.69) is 12.2 Å². The van der Waals surface area contributed by atoms with Crippen molar-refractivity contribution < 1.29 is 4.74 Å². The second-order valence-electron chi connectivity index (χ2n) is 5.04. The van der Waals surface area contributed by atoms with Crippen molar-refractivity contribution in [2.45, 2.75) is 44.8 Å². The summed E-state index contributed by atoms with van der Waals surface area (Å²) in [6, 6.07) is 5.98. The van der Waals surface area contributed by atoms with Gasteiger partial charge >= 0.3 is 0 Å². The minimum absolute atomic E-state index is 0.243. The molecule has 2 atom stereocenters. The van der Waals surface area contributed by atoms with Crippen molar-refractivity contribution >= 4 is 23.2 Å². The Kier molecular flexibility index (Phi) is 5.96. The predicted octanol–water partition coefficient (Wildman–Crippen LogP) is 4.60. The topological polar surface area (TPSA) is 21.3 Å². The molecule has 106 valence electrons. The Morgan fingerprint density at radius 2 is 2.26 bits per heavy atom. The summed E-state index contributed by atoms with van der Waals surface area (Å²) in [6.45, 7) is 4.04. The molecule has 1 heterocycles. The van der Waals surface area contributed by atoms with Gasteiger partial charge in [-0.25, -0.2) is 0 Å². The van der Waals surface area contributed by atoms with Crippen molar-refractivity contribution in [1.29, 1.82) is 0 Å². The number of halogens is 2. The van der Waals surface area contributed by atoms with Gasteiger partial charge in [-0.05, 0) is 49.9 Å². The molecule has 2 nitrogen and oxygen atoms in total. The van der Waals surface area contributed by atoms with Crippen LogP contribution in [-0.4, -0.2) is 19.3 Å². The summed E-state index contributed by atoms with van der Waals surface area (Å²) < 4.78 is 5.74. The molecule has 1 saturated heterocycles. The maximum absolute atomic E-state index is 6.32. The van der Waals surface area contributed by atoms with Crippen molar-refractivity contribution in [2.24, 2.45) is 0 Å². The van der Waals surface area contributed by atoms with Crippen LogP contribution >= 0.6 is 23.2 Å². The van der Waals surface area contributed by atoms with Gasteiger partial charge in [0.1, 0.15) is 0 Å². The first-order chi connectivity index (χ1) is 9.20. The van der Waals surface area contributed by atoms with E-state index in [0.29, 0.717) is 11.1 Å². The van der Waals surface area contributed by atoms with Crippen LogP contribution in [0.1, 0.15) is 44.2 Å². The maximum Gasteiger partial charge on any atom is 0.0594 e. The first-order valence-corrected chi connectivity index (χ1v) is 7.76. The summed E-state index contributed by atoms with van der Waals surface area (Å²) in [7, 11) is 0. The normalized spacial score (nSPS) is 20.7. The monoisotopic (exact) mass is 301 g/mol. The van der Waals surface area contributed by atoms with Crippen LogP contribution in [0.5, 0.6) is 0 Å². The van der Waals surface area contributed by atoms with E-state index in [9.17, 15) is 0 Å². The van der Waals surface area contributed by atoms with Crippen LogP contribution in [0.2, 0.25) is 10.0 Å². The van der Waals surface area contributed by atoms with E-state index in [1.165, 1.54) is 6.42 Å². The summed E-state index contributed by atoms with van der Waals surface area (Å²) >= 11 is 12.3. The van der Waals surface area contributed by atoms with Gasteiger partial charge in [0.15, 0.2) is 0 Å². The average Bonchev–Trinajstić information content (AvgIpc) is 2.88. The highest BCUT2D eigenvalue weighted by Gasteiger charge is 2.23. The van der Waals surface area contributed by atoms with Crippen LogP contribution < -0.4 is 5.32 Å². The van der Waals surface area contributed by atoms with Gasteiger partial charge in [0, 0.05) is 22.7 Å². The van der Waals surface area contributed by atoms with Crippen LogP contribution in [0, 0.1) is 0 Å². The number of rotatable bonds is 6. The summed E-state index contributed by atoms with van der Waals surface area (Å²) in [4.78, 5) is 0. The smallest absolute Gasteiger partial charge is 0.0594 e. The minimum atomic E-state index is 0.243. The first kappa shape index (κ1) is 15.1. The molecule has 0 bridgehead atoms. The molecule has 1 aliphatic rings. The third-order valence-corrected chi connectivity index (χ3v) is 4.06. The highest BCUT2D eigenvalue weighted by molar-refractivity contribution is 6.35. The van der Waals surface area contributed by atoms with Crippen molar-refractivity contribution in [1.82, 2.24) is 5.32 Å². The van der Waals surface area contributed by atoms with Gasteiger partial charge in [0.25, 0.3) is 0 Å². The Bertz CT molecular complexity index is 405. The fourth-order valence-electron chi connectivity index (χ4n) is 2.52. The van der Waals surface area contributed by atoms with Crippen LogP contribution in [0.15, 0.2) is 18.2 Å². The Morgan fingerprint density at radius 1 is 1.42 bits per heavy atom. The van der Waals surface area contributed by atoms with Gasteiger partial charge in [0.05, 0.1) is 6.10 Å². The lowest BCUT2D eigenvalue weighted by atomic mass is 9.99. The molecule has 2 rings (SSSR count). The Hall–Kier alpha value is -0.280. The molecule has 0 amide bonds. The first-order valence-electron chi connectivity index (χ1n) is 7.00. The molecular weight excluding hydrogens is 281 g/mol. The summed E-state index contributed by atoms with van der Waals surface area (Å²) in [5, 5.41) is 4.98. The number of benzene rings is 1. The molecule has 0 aliphatic carbocycles. The lowest BCUT2D eigenvalue weighted by molar-refractivity contribution is 0.0946. The zero-order chi connectivity index (χ0) is 13.7. The van der Waals surface area contributed by atoms with Gasteiger partial charge in [-0.15, -0.1) is 0 Å². The van der Waals surface area contributed by atoms with E-state index in [1.54, 1.807) is 0 Å². The van der Waals surface area contributed by atoms with E-state index in [0.717, 1.165) is 43.0 Å². The van der Waals surface area contributed by atoms with Crippen LogP contribution in [0.25, 0.3) is 0 Å². The number of hydrogen-bond donors (Lipinski definition) is 1. The van der Waals surface area contributed by atoms with Crippen molar-refractivity contribution in [3.8, 4) is 0 Å². The average molecular weight is 302 g/mol. The molecule has 4 heteroatoms. The van der Waals surface area contributed by atoms with Crippen molar-refractivity contribution in [3.63, 3.8) is 0 Å². The van der Waals surface area contributed by atoms with Gasteiger partial charge in [-0.1, -0.05) is 36.2 Å². The lowest BCUT2D eigenvalue weighted by Gasteiger charge is -2.23. The summed E-state index contributed by atoms with van der Waals surface area (Å²) in [6.07, 6.45) is 4.74. The van der Waals surface area contributed by atoms with Crippen LogP contribution in [-0.2, 0) is 4.74 Å². The molecule has 0 radical (unpaired) electrons. The summed E-state index contributed by atoms with van der Waals surface area (Å²) in [5.41, 5.74) is 1.12. The quantitative estimate of drug-likeness (QED) is 0.829.